The molecule has 19 heavy (non-hydrogen) atoms. The summed E-state index contributed by atoms with van der Waals surface area (Å²) in [6, 6.07) is 3.56. The lowest BCUT2D eigenvalue weighted by Gasteiger charge is -2.15. The predicted molar refractivity (Wildman–Crippen MR) is 76.4 cm³/mol. The second kappa shape index (κ2) is 5.30. The van der Waals surface area contributed by atoms with Crippen LogP contribution in [0.15, 0.2) is 29.3 Å². The topological polar surface area (TPSA) is 51.9 Å². The number of nitrogens with one attached hydrogen (secondary N) is 1. The van der Waals surface area contributed by atoms with E-state index in [0.717, 1.165) is 16.9 Å². The van der Waals surface area contributed by atoms with Gasteiger partial charge in [-0.1, -0.05) is 0 Å². The second-order valence-electron chi connectivity index (χ2n) is 4.75. The highest BCUT2D eigenvalue weighted by Gasteiger charge is 2.11. The van der Waals surface area contributed by atoms with Crippen LogP contribution in [0.3, 0.4) is 0 Å². The van der Waals surface area contributed by atoms with Crippen LogP contribution in [-0.2, 0) is 13.6 Å². The molecule has 0 aromatic carbocycles. The zero-order valence-electron chi connectivity index (χ0n) is 11.8. The molecule has 2 aromatic heterocycles. The third kappa shape index (κ3) is 2.86. The Balaban J connectivity index is 2.21. The van der Waals surface area contributed by atoms with Crippen molar-refractivity contribution in [2.24, 2.45) is 7.05 Å². The molecular weight excluding hydrogens is 240 g/mol. The Bertz CT molecular complexity index is 627. The molecule has 5 heteroatoms. The lowest BCUT2D eigenvalue weighted by atomic mass is 10.1. The van der Waals surface area contributed by atoms with Gasteiger partial charge in [-0.3, -0.25) is 9.48 Å². The molecule has 2 aromatic rings. The highest BCUT2D eigenvalue weighted by atomic mass is 16.1. The van der Waals surface area contributed by atoms with Gasteiger partial charge in [0.25, 0.3) is 5.56 Å². The third-order valence-electron chi connectivity index (χ3n) is 3.23. The second-order valence-corrected chi connectivity index (χ2v) is 4.75. The molecule has 2 heterocycles. The first-order valence-corrected chi connectivity index (χ1v) is 6.48. The molecule has 0 bridgehead atoms. The van der Waals surface area contributed by atoms with Crippen molar-refractivity contribution >= 4 is 5.69 Å². The van der Waals surface area contributed by atoms with E-state index < -0.39 is 0 Å². The standard InChI is InChI=1S/C14H20N4O/c1-5-18-8-12(6-7-14(18)19)15-10(2)13-9-17(4)16-11(13)3/h6-10,15H,5H2,1-4H3. The highest BCUT2D eigenvalue weighted by Crippen LogP contribution is 2.20. The van der Waals surface area contributed by atoms with Crippen molar-refractivity contribution in [1.29, 1.82) is 0 Å². The van der Waals surface area contributed by atoms with Crippen molar-refractivity contribution in [2.45, 2.75) is 33.4 Å². The molecule has 0 aliphatic heterocycles. The average molecular weight is 260 g/mol. The molecule has 0 radical (unpaired) electrons. The molecule has 0 fully saturated rings. The molecule has 1 atom stereocenters. The van der Waals surface area contributed by atoms with E-state index in [1.165, 1.54) is 0 Å². The van der Waals surface area contributed by atoms with Crippen LogP contribution in [0.1, 0.15) is 31.1 Å². The minimum Gasteiger partial charge on any atom is -0.377 e. The van der Waals surface area contributed by atoms with Gasteiger partial charge in [-0.05, 0) is 26.8 Å². The van der Waals surface area contributed by atoms with Gasteiger partial charge in [0.05, 0.1) is 17.4 Å². The Kier molecular flexibility index (Phi) is 3.74. The average Bonchev–Trinajstić information content (AvgIpc) is 2.71. The van der Waals surface area contributed by atoms with Crippen molar-refractivity contribution in [1.82, 2.24) is 14.3 Å². The first-order valence-electron chi connectivity index (χ1n) is 6.48. The molecule has 102 valence electrons. The Morgan fingerprint density at radius 1 is 1.37 bits per heavy atom. The fourth-order valence-corrected chi connectivity index (χ4v) is 2.23. The quantitative estimate of drug-likeness (QED) is 0.915. The summed E-state index contributed by atoms with van der Waals surface area (Å²) in [5.74, 6) is 0. The van der Waals surface area contributed by atoms with Crippen molar-refractivity contribution in [2.75, 3.05) is 5.32 Å². The van der Waals surface area contributed by atoms with Crippen molar-refractivity contribution in [3.63, 3.8) is 0 Å². The molecule has 0 saturated carbocycles. The van der Waals surface area contributed by atoms with Crippen molar-refractivity contribution < 1.29 is 0 Å². The van der Waals surface area contributed by atoms with Crippen LogP contribution in [-0.4, -0.2) is 14.3 Å². The molecule has 2 rings (SSSR count). The van der Waals surface area contributed by atoms with Crippen LogP contribution < -0.4 is 10.9 Å². The number of anilines is 1. The number of nitrogens with zero attached hydrogens (tertiary/aromatic N) is 3. The lowest BCUT2D eigenvalue weighted by molar-refractivity contribution is 0.725. The maximum Gasteiger partial charge on any atom is 0.250 e. The Morgan fingerprint density at radius 2 is 2.11 bits per heavy atom. The van der Waals surface area contributed by atoms with Crippen LogP contribution >= 0.6 is 0 Å². The highest BCUT2D eigenvalue weighted by molar-refractivity contribution is 5.43. The Morgan fingerprint density at radius 3 is 2.68 bits per heavy atom. The van der Waals surface area contributed by atoms with E-state index in [2.05, 4.69) is 17.3 Å². The van der Waals surface area contributed by atoms with E-state index in [1.54, 1.807) is 10.6 Å². The number of hydrogen-bond donors (Lipinski definition) is 1. The van der Waals surface area contributed by atoms with Crippen LogP contribution in [0, 0.1) is 6.92 Å². The molecule has 0 amide bonds. The van der Waals surface area contributed by atoms with Gasteiger partial charge in [0.15, 0.2) is 0 Å². The van der Waals surface area contributed by atoms with Gasteiger partial charge in [0.1, 0.15) is 0 Å². The Labute approximate surface area is 112 Å². The number of rotatable bonds is 4. The molecule has 1 unspecified atom stereocenters. The maximum absolute atomic E-state index is 11.5. The third-order valence-corrected chi connectivity index (χ3v) is 3.23. The van der Waals surface area contributed by atoms with Crippen molar-refractivity contribution in [3.8, 4) is 0 Å². The molecule has 0 saturated heterocycles. The van der Waals surface area contributed by atoms with Crippen LogP contribution in [0.25, 0.3) is 0 Å². The summed E-state index contributed by atoms with van der Waals surface area (Å²) in [6.45, 7) is 6.72. The van der Waals surface area contributed by atoms with E-state index in [-0.39, 0.29) is 11.6 Å². The summed E-state index contributed by atoms with van der Waals surface area (Å²) in [5, 5.41) is 7.74. The summed E-state index contributed by atoms with van der Waals surface area (Å²) < 4.78 is 3.50. The fourth-order valence-electron chi connectivity index (χ4n) is 2.23. The lowest BCUT2D eigenvalue weighted by Crippen LogP contribution is -2.18. The van der Waals surface area contributed by atoms with E-state index >= 15 is 0 Å². The number of pyridine rings is 1. The van der Waals surface area contributed by atoms with Gasteiger partial charge >= 0.3 is 0 Å². The number of aromatic nitrogens is 3. The first kappa shape index (κ1) is 13.4. The van der Waals surface area contributed by atoms with Gasteiger partial charge in [-0.2, -0.15) is 5.10 Å². The van der Waals surface area contributed by atoms with Gasteiger partial charge < -0.3 is 9.88 Å². The smallest absolute Gasteiger partial charge is 0.250 e. The SMILES string of the molecule is CCn1cc(NC(C)c2cn(C)nc2C)ccc1=O. The fraction of sp³-hybridized carbons (Fsp3) is 0.429. The summed E-state index contributed by atoms with van der Waals surface area (Å²) in [5.41, 5.74) is 3.15. The first-order chi connectivity index (χ1) is 9.01. The van der Waals surface area contributed by atoms with Gasteiger partial charge in [-0.15, -0.1) is 0 Å². The summed E-state index contributed by atoms with van der Waals surface area (Å²) in [6.07, 6.45) is 3.87. The van der Waals surface area contributed by atoms with E-state index in [9.17, 15) is 4.79 Å². The molecule has 0 aliphatic carbocycles. The predicted octanol–water partition coefficient (Wildman–Crippen LogP) is 2.08. The van der Waals surface area contributed by atoms with E-state index in [4.69, 9.17) is 0 Å². The minimum atomic E-state index is 0.0262. The number of hydrogen-bond acceptors (Lipinski definition) is 3. The summed E-state index contributed by atoms with van der Waals surface area (Å²) >= 11 is 0. The minimum absolute atomic E-state index is 0.0262. The molecule has 1 N–H and O–H groups in total. The molecular formula is C14H20N4O. The van der Waals surface area contributed by atoms with Gasteiger partial charge in [-0.25, -0.2) is 0 Å². The molecule has 0 aliphatic rings. The van der Waals surface area contributed by atoms with Crippen LogP contribution in [0.4, 0.5) is 5.69 Å². The van der Waals surface area contributed by atoms with Crippen LogP contribution in [0.5, 0.6) is 0 Å². The molecule has 0 spiro atoms. The van der Waals surface area contributed by atoms with Gasteiger partial charge in [0.2, 0.25) is 0 Å². The maximum atomic E-state index is 11.5. The normalized spacial score (nSPS) is 12.4. The van der Waals surface area contributed by atoms with Gasteiger partial charge in [0, 0.05) is 37.6 Å². The largest absolute Gasteiger partial charge is 0.377 e. The number of aryl methyl sites for hydroxylation is 3. The molecule has 5 nitrogen and oxygen atoms in total. The Hall–Kier alpha value is -2.04. The zero-order valence-corrected chi connectivity index (χ0v) is 11.8. The van der Waals surface area contributed by atoms with E-state index in [1.807, 2.05) is 44.0 Å². The van der Waals surface area contributed by atoms with Crippen molar-refractivity contribution in [3.05, 3.63) is 46.1 Å². The van der Waals surface area contributed by atoms with E-state index in [0.29, 0.717) is 6.54 Å². The zero-order chi connectivity index (χ0) is 14.0. The monoisotopic (exact) mass is 260 g/mol. The van der Waals surface area contributed by atoms with Crippen LogP contribution in [0.2, 0.25) is 0 Å². The summed E-state index contributed by atoms with van der Waals surface area (Å²) in [7, 11) is 1.92. The summed E-state index contributed by atoms with van der Waals surface area (Å²) in [4.78, 5) is 11.5.